The predicted octanol–water partition coefficient (Wildman–Crippen LogP) is 3.56. The Hall–Kier alpha value is -1.23. The molecular formula is C12H13BrFN3. The molecule has 0 amide bonds. The summed E-state index contributed by atoms with van der Waals surface area (Å²) in [5, 5.41) is 8.11. The van der Waals surface area contributed by atoms with Gasteiger partial charge in [-0.15, -0.1) is 5.10 Å². The summed E-state index contributed by atoms with van der Waals surface area (Å²) < 4.78 is 14.8. The van der Waals surface area contributed by atoms with Crippen molar-refractivity contribution in [2.75, 3.05) is 0 Å². The minimum atomic E-state index is -0.270. The first-order valence-corrected chi connectivity index (χ1v) is 6.36. The van der Waals surface area contributed by atoms with Gasteiger partial charge in [-0.3, -0.25) is 0 Å². The maximum atomic E-state index is 13.2. The monoisotopic (exact) mass is 297 g/mol. The van der Waals surface area contributed by atoms with Crippen LogP contribution in [0.15, 0.2) is 24.4 Å². The lowest BCUT2D eigenvalue weighted by molar-refractivity contribution is 0.624. The molecule has 0 bridgehead atoms. The molecule has 0 saturated carbocycles. The highest BCUT2D eigenvalue weighted by Crippen LogP contribution is 2.24. The molecule has 5 heteroatoms. The number of hydrogen-bond donors (Lipinski definition) is 0. The van der Waals surface area contributed by atoms with Crippen LogP contribution in [0.2, 0.25) is 0 Å². The first-order valence-electron chi connectivity index (χ1n) is 5.44. The van der Waals surface area contributed by atoms with Crippen LogP contribution in [0.1, 0.15) is 29.4 Å². The van der Waals surface area contributed by atoms with Crippen LogP contribution in [0.3, 0.4) is 0 Å². The van der Waals surface area contributed by atoms with Crippen molar-refractivity contribution in [1.82, 2.24) is 15.0 Å². The van der Waals surface area contributed by atoms with Crippen molar-refractivity contribution in [3.63, 3.8) is 0 Å². The molecule has 0 spiro atoms. The topological polar surface area (TPSA) is 30.7 Å². The largest absolute Gasteiger partial charge is 0.220 e. The van der Waals surface area contributed by atoms with Crippen molar-refractivity contribution in [2.24, 2.45) is 0 Å². The van der Waals surface area contributed by atoms with Gasteiger partial charge < -0.3 is 0 Å². The fraction of sp³-hybridized carbons (Fsp3) is 0.333. The number of aryl methyl sites for hydroxylation is 1. The standard InChI is InChI=1S/C12H13BrFN3/c1-3-10(13)11-7-17(16-15-11)12-6-9(14)5-4-8(12)2/h4-7,10H,3H2,1-2H3. The molecule has 1 atom stereocenters. The van der Waals surface area contributed by atoms with Gasteiger partial charge in [-0.25, -0.2) is 9.07 Å². The maximum Gasteiger partial charge on any atom is 0.125 e. The van der Waals surface area contributed by atoms with Crippen LogP contribution in [0.5, 0.6) is 0 Å². The molecule has 0 aliphatic rings. The highest BCUT2D eigenvalue weighted by molar-refractivity contribution is 9.09. The lowest BCUT2D eigenvalue weighted by Gasteiger charge is -2.04. The zero-order valence-electron chi connectivity index (χ0n) is 9.69. The fourth-order valence-electron chi connectivity index (χ4n) is 1.58. The number of nitrogens with zero attached hydrogens (tertiary/aromatic N) is 3. The molecule has 1 unspecified atom stereocenters. The summed E-state index contributed by atoms with van der Waals surface area (Å²) >= 11 is 3.51. The van der Waals surface area contributed by atoms with Crippen LogP contribution in [0.25, 0.3) is 5.69 Å². The van der Waals surface area contributed by atoms with E-state index in [2.05, 4.69) is 33.2 Å². The SMILES string of the molecule is CCC(Br)c1cn(-c2cc(F)ccc2C)nn1. The Labute approximate surface area is 108 Å². The maximum absolute atomic E-state index is 13.2. The average Bonchev–Trinajstić information content (AvgIpc) is 2.80. The third kappa shape index (κ3) is 2.54. The molecule has 1 aromatic carbocycles. The summed E-state index contributed by atoms with van der Waals surface area (Å²) in [5.41, 5.74) is 2.54. The molecule has 0 aliphatic heterocycles. The number of benzene rings is 1. The van der Waals surface area contributed by atoms with Crippen molar-refractivity contribution in [3.05, 3.63) is 41.5 Å². The van der Waals surface area contributed by atoms with Gasteiger partial charge in [-0.05, 0) is 31.0 Å². The quantitative estimate of drug-likeness (QED) is 0.811. The normalized spacial score (nSPS) is 12.7. The second-order valence-electron chi connectivity index (χ2n) is 3.89. The Morgan fingerprint density at radius 2 is 2.24 bits per heavy atom. The van der Waals surface area contributed by atoms with Gasteiger partial charge in [0, 0.05) is 0 Å². The molecule has 0 radical (unpaired) electrons. The Balaban J connectivity index is 2.40. The molecular weight excluding hydrogens is 285 g/mol. The summed E-state index contributed by atoms with van der Waals surface area (Å²) in [5.74, 6) is -0.270. The highest BCUT2D eigenvalue weighted by Gasteiger charge is 2.11. The molecule has 0 saturated heterocycles. The summed E-state index contributed by atoms with van der Waals surface area (Å²) in [4.78, 5) is 0.185. The van der Waals surface area contributed by atoms with E-state index < -0.39 is 0 Å². The number of alkyl halides is 1. The second-order valence-corrected chi connectivity index (χ2v) is 5.00. The molecule has 0 aliphatic carbocycles. The van der Waals surface area contributed by atoms with Gasteiger partial charge in [0.2, 0.25) is 0 Å². The van der Waals surface area contributed by atoms with E-state index in [1.165, 1.54) is 12.1 Å². The smallest absolute Gasteiger partial charge is 0.125 e. The van der Waals surface area contributed by atoms with Gasteiger partial charge in [0.1, 0.15) is 5.82 Å². The van der Waals surface area contributed by atoms with E-state index in [4.69, 9.17) is 0 Å². The molecule has 3 nitrogen and oxygen atoms in total. The summed E-state index contributed by atoms with van der Waals surface area (Å²) in [6, 6.07) is 4.64. The Morgan fingerprint density at radius 3 is 2.94 bits per heavy atom. The summed E-state index contributed by atoms with van der Waals surface area (Å²) in [6.07, 6.45) is 2.76. The summed E-state index contributed by atoms with van der Waals surface area (Å²) in [6.45, 7) is 3.98. The van der Waals surface area contributed by atoms with E-state index in [9.17, 15) is 4.39 Å². The van der Waals surface area contributed by atoms with Crippen molar-refractivity contribution < 1.29 is 4.39 Å². The average molecular weight is 298 g/mol. The van der Waals surface area contributed by atoms with E-state index in [-0.39, 0.29) is 10.6 Å². The first kappa shape index (κ1) is 12.2. The van der Waals surface area contributed by atoms with Crippen molar-refractivity contribution in [1.29, 1.82) is 0 Å². The van der Waals surface area contributed by atoms with E-state index in [1.807, 2.05) is 13.1 Å². The van der Waals surface area contributed by atoms with Crippen molar-refractivity contribution >= 4 is 15.9 Å². The number of rotatable bonds is 3. The molecule has 17 heavy (non-hydrogen) atoms. The van der Waals surface area contributed by atoms with Crippen LogP contribution >= 0.6 is 15.9 Å². The van der Waals surface area contributed by atoms with Gasteiger partial charge in [0.05, 0.1) is 22.4 Å². The highest BCUT2D eigenvalue weighted by atomic mass is 79.9. The van der Waals surface area contributed by atoms with Gasteiger partial charge in [-0.1, -0.05) is 34.1 Å². The lowest BCUT2D eigenvalue weighted by atomic mass is 10.2. The zero-order valence-corrected chi connectivity index (χ0v) is 11.3. The lowest BCUT2D eigenvalue weighted by Crippen LogP contribution is -1.98. The second kappa shape index (κ2) is 4.96. The Bertz CT molecular complexity index is 524. The van der Waals surface area contributed by atoms with Crippen LogP contribution in [0, 0.1) is 12.7 Å². The summed E-state index contributed by atoms with van der Waals surface area (Å²) in [7, 11) is 0. The third-order valence-electron chi connectivity index (χ3n) is 2.61. The zero-order chi connectivity index (χ0) is 12.4. The molecule has 0 N–H and O–H groups in total. The van der Waals surface area contributed by atoms with Crippen LogP contribution in [-0.2, 0) is 0 Å². The molecule has 90 valence electrons. The van der Waals surface area contributed by atoms with E-state index in [1.54, 1.807) is 10.7 Å². The Kier molecular flexibility index (Phi) is 3.57. The van der Waals surface area contributed by atoms with Gasteiger partial charge in [0.15, 0.2) is 0 Å². The number of hydrogen-bond acceptors (Lipinski definition) is 2. The minimum Gasteiger partial charge on any atom is -0.220 e. The van der Waals surface area contributed by atoms with E-state index in [0.29, 0.717) is 0 Å². The fourth-order valence-corrected chi connectivity index (χ4v) is 1.79. The van der Waals surface area contributed by atoms with E-state index in [0.717, 1.165) is 23.4 Å². The van der Waals surface area contributed by atoms with Gasteiger partial charge >= 0.3 is 0 Å². The molecule has 1 aromatic heterocycles. The molecule has 0 fully saturated rings. The van der Waals surface area contributed by atoms with E-state index >= 15 is 0 Å². The molecule has 2 rings (SSSR count). The molecule has 2 aromatic rings. The van der Waals surface area contributed by atoms with Crippen LogP contribution in [0.4, 0.5) is 4.39 Å². The number of halogens is 2. The van der Waals surface area contributed by atoms with Gasteiger partial charge in [-0.2, -0.15) is 0 Å². The van der Waals surface area contributed by atoms with Gasteiger partial charge in [0.25, 0.3) is 0 Å². The first-order chi connectivity index (χ1) is 8.11. The minimum absolute atomic E-state index is 0.185. The van der Waals surface area contributed by atoms with Crippen molar-refractivity contribution in [2.45, 2.75) is 25.1 Å². The number of aromatic nitrogens is 3. The third-order valence-corrected chi connectivity index (χ3v) is 3.73. The predicted molar refractivity (Wildman–Crippen MR) is 68.0 cm³/mol. The van der Waals surface area contributed by atoms with Crippen molar-refractivity contribution in [3.8, 4) is 5.69 Å². The molecule has 1 heterocycles. The van der Waals surface area contributed by atoms with Crippen LogP contribution < -0.4 is 0 Å². The Morgan fingerprint density at radius 1 is 1.47 bits per heavy atom. The van der Waals surface area contributed by atoms with Crippen LogP contribution in [-0.4, -0.2) is 15.0 Å².